The number of piperidine rings is 1. The van der Waals surface area contributed by atoms with E-state index in [9.17, 15) is 9.18 Å². The summed E-state index contributed by atoms with van der Waals surface area (Å²) in [5.41, 5.74) is 1.77. The van der Waals surface area contributed by atoms with Crippen LogP contribution in [-0.4, -0.2) is 23.9 Å². The van der Waals surface area contributed by atoms with E-state index < -0.39 is 0 Å². The first kappa shape index (κ1) is 20.1. The minimum atomic E-state index is -0.217. The second-order valence-corrected chi connectivity index (χ2v) is 7.58. The van der Waals surface area contributed by atoms with Crippen LogP contribution in [0.25, 0.3) is 0 Å². The van der Waals surface area contributed by atoms with Gasteiger partial charge in [-0.25, -0.2) is 4.39 Å². The summed E-state index contributed by atoms with van der Waals surface area (Å²) in [5.74, 6) is 1.14. The van der Waals surface area contributed by atoms with Crippen LogP contribution < -0.4 is 10.1 Å². The molecular weight excluding hydrogens is 379 g/mol. The van der Waals surface area contributed by atoms with Crippen molar-refractivity contribution in [1.29, 1.82) is 0 Å². The predicted octanol–water partition coefficient (Wildman–Crippen LogP) is 5.47. The lowest BCUT2D eigenvalue weighted by Gasteiger charge is -2.31. The Hall–Kier alpha value is -3.18. The smallest absolute Gasteiger partial charge is 0.227 e. The number of ether oxygens (including phenoxy) is 1. The number of nitrogens with one attached hydrogen (secondary N) is 1. The number of rotatable bonds is 6. The maximum atomic E-state index is 13.1. The van der Waals surface area contributed by atoms with E-state index in [1.807, 2.05) is 66.7 Å². The van der Waals surface area contributed by atoms with Gasteiger partial charge in [-0.05, 0) is 67.9 Å². The predicted molar refractivity (Wildman–Crippen MR) is 116 cm³/mol. The molecule has 1 saturated heterocycles. The lowest BCUT2D eigenvalue weighted by atomic mass is 9.95. The minimum absolute atomic E-state index is 0.0283. The van der Waals surface area contributed by atoms with Gasteiger partial charge in [0.2, 0.25) is 5.91 Å². The molecule has 1 amide bonds. The van der Waals surface area contributed by atoms with Gasteiger partial charge in [-0.3, -0.25) is 9.69 Å². The average Bonchev–Trinajstić information content (AvgIpc) is 2.78. The first-order valence-electron chi connectivity index (χ1n) is 10.3. The van der Waals surface area contributed by atoms with E-state index in [1.54, 1.807) is 0 Å². The van der Waals surface area contributed by atoms with Crippen molar-refractivity contribution in [3.8, 4) is 11.5 Å². The fourth-order valence-electron chi connectivity index (χ4n) is 3.71. The van der Waals surface area contributed by atoms with E-state index in [0.29, 0.717) is 11.4 Å². The third-order valence-corrected chi connectivity index (χ3v) is 5.39. The highest BCUT2D eigenvalue weighted by molar-refractivity contribution is 5.94. The number of carbonyl (C=O) groups is 1. The van der Waals surface area contributed by atoms with Crippen molar-refractivity contribution in [3.05, 3.63) is 90.2 Å². The highest BCUT2D eigenvalue weighted by atomic mass is 19.1. The van der Waals surface area contributed by atoms with E-state index in [1.165, 1.54) is 12.1 Å². The van der Waals surface area contributed by atoms with Gasteiger partial charge in [0, 0.05) is 12.5 Å². The molecule has 1 aliphatic rings. The molecule has 0 spiro atoms. The quantitative estimate of drug-likeness (QED) is 0.592. The Kier molecular flexibility index (Phi) is 6.40. The van der Waals surface area contributed by atoms with Crippen molar-refractivity contribution in [2.45, 2.75) is 19.4 Å². The van der Waals surface area contributed by atoms with Gasteiger partial charge in [-0.15, -0.1) is 0 Å². The van der Waals surface area contributed by atoms with Crippen molar-refractivity contribution in [3.63, 3.8) is 0 Å². The average molecular weight is 404 g/mol. The van der Waals surface area contributed by atoms with Crippen molar-refractivity contribution in [1.82, 2.24) is 4.90 Å². The summed E-state index contributed by atoms with van der Waals surface area (Å²) in [7, 11) is 0. The van der Waals surface area contributed by atoms with Crippen LogP contribution >= 0.6 is 0 Å². The Morgan fingerprint density at radius 1 is 0.933 bits per heavy atom. The number of anilines is 1. The van der Waals surface area contributed by atoms with Gasteiger partial charge in [0.25, 0.3) is 0 Å². The molecule has 0 radical (unpaired) electrons. The van der Waals surface area contributed by atoms with E-state index in [-0.39, 0.29) is 17.6 Å². The van der Waals surface area contributed by atoms with Gasteiger partial charge in [-0.1, -0.05) is 42.5 Å². The molecule has 0 bridgehead atoms. The number of likely N-dealkylation sites (tertiary alicyclic amines) is 1. The number of benzene rings is 3. The molecule has 3 aromatic carbocycles. The van der Waals surface area contributed by atoms with Crippen LogP contribution in [0.4, 0.5) is 10.1 Å². The van der Waals surface area contributed by atoms with E-state index in [2.05, 4.69) is 10.2 Å². The molecule has 5 heteroatoms. The highest BCUT2D eigenvalue weighted by Crippen LogP contribution is 2.30. The Morgan fingerprint density at radius 2 is 1.60 bits per heavy atom. The largest absolute Gasteiger partial charge is 0.455 e. The Bertz CT molecular complexity index is 968. The molecule has 0 aliphatic carbocycles. The molecule has 4 nitrogen and oxygen atoms in total. The Labute approximate surface area is 176 Å². The molecule has 1 heterocycles. The van der Waals surface area contributed by atoms with Gasteiger partial charge < -0.3 is 10.1 Å². The molecule has 0 aromatic heterocycles. The topological polar surface area (TPSA) is 41.6 Å². The molecule has 0 unspecified atom stereocenters. The van der Waals surface area contributed by atoms with Crippen LogP contribution in [-0.2, 0) is 11.3 Å². The van der Waals surface area contributed by atoms with Crippen LogP contribution in [0.3, 0.4) is 0 Å². The summed E-state index contributed by atoms with van der Waals surface area (Å²) >= 11 is 0. The number of hydrogen-bond donors (Lipinski definition) is 1. The van der Waals surface area contributed by atoms with E-state index in [4.69, 9.17) is 4.74 Å². The van der Waals surface area contributed by atoms with Gasteiger partial charge >= 0.3 is 0 Å². The summed E-state index contributed by atoms with van der Waals surface area (Å²) in [5, 5.41) is 3.05. The standard InChI is InChI=1S/C25H25FN2O2/c26-21-12-10-19(11-13-21)18-28-16-14-20(15-17-28)25(29)27-23-8-4-5-9-24(23)30-22-6-2-1-3-7-22/h1-13,20H,14-18H2,(H,27,29). The fourth-order valence-corrected chi connectivity index (χ4v) is 3.71. The molecule has 4 rings (SSSR count). The van der Waals surface area contributed by atoms with Crippen molar-refractivity contribution >= 4 is 11.6 Å². The number of amides is 1. The van der Waals surface area contributed by atoms with E-state index >= 15 is 0 Å². The maximum Gasteiger partial charge on any atom is 0.227 e. The summed E-state index contributed by atoms with van der Waals surface area (Å²) in [6.45, 7) is 2.47. The summed E-state index contributed by atoms with van der Waals surface area (Å²) in [6, 6.07) is 23.6. The molecule has 1 fully saturated rings. The third-order valence-electron chi connectivity index (χ3n) is 5.39. The molecule has 154 valence electrons. The number of carbonyl (C=O) groups excluding carboxylic acids is 1. The Morgan fingerprint density at radius 3 is 2.33 bits per heavy atom. The lowest BCUT2D eigenvalue weighted by molar-refractivity contribution is -0.121. The third kappa shape index (κ3) is 5.24. The summed E-state index contributed by atoms with van der Waals surface area (Å²) < 4.78 is 19.0. The van der Waals surface area contributed by atoms with Crippen LogP contribution in [0.2, 0.25) is 0 Å². The van der Waals surface area contributed by atoms with Crippen LogP contribution in [0.1, 0.15) is 18.4 Å². The van der Waals surface area contributed by atoms with Gasteiger partial charge in [0.1, 0.15) is 11.6 Å². The van der Waals surface area contributed by atoms with Crippen molar-refractivity contribution in [2.75, 3.05) is 18.4 Å². The Balaban J connectivity index is 1.32. The fraction of sp³-hybridized carbons (Fsp3) is 0.240. The van der Waals surface area contributed by atoms with Gasteiger partial charge in [0.05, 0.1) is 5.69 Å². The second-order valence-electron chi connectivity index (χ2n) is 7.58. The maximum absolute atomic E-state index is 13.1. The summed E-state index contributed by atoms with van der Waals surface area (Å²) in [4.78, 5) is 15.2. The van der Waals surface area contributed by atoms with E-state index in [0.717, 1.165) is 43.8 Å². The first-order valence-corrected chi connectivity index (χ1v) is 10.3. The normalized spacial score (nSPS) is 15.0. The monoisotopic (exact) mass is 404 g/mol. The van der Waals surface area contributed by atoms with Crippen LogP contribution in [0.15, 0.2) is 78.9 Å². The SMILES string of the molecule is O=C(Nc1ccccc1Oc1ccccc1)C1CCN(Cc2ccc(F)cc2)CC1. The molecule has 0 atom stereocenters. The van der Waals surface area contributed by atoms with Gasteiger partial charge in [-0.2, -0.15) is 0 Å². The number of halogens is 1. The van der Waals surface area contributed by atoms with Crippen LogP contribution in [0.5, 0.6) is 11.5 Å². The zero-order chi connectivity index (χ0) is 20.8. The lowest BCUT2D eigenvalue weighted by Crippen LogP contribution is -2.37. The number of hydrogen-bond acceptors (Lipinski definition) is 3. The zero-order valence-corrected chi connectivity index (χ0v) is 16.8. The molecule has 3 aromatic rings. The molecule has 1 aliphatic heterocycles. The minimum Gasteiger partial charge on any atom is -0.455 e. The highest BCUT2D eigenvalue weighted by Gasteiger charge is 2.25. The second kappa shape index (κ2) is 9.55. The molecule has 30 heavy (non-hydrogen) atoms. The molecule has 0 saturated carbocycles. The molecule has 1 N–H and O–H groups in total. The van der Waals surface area contributed by atoms with Crippen molar-refractivity contribution in [2.24, 2.45) is 5.92 Å². The summed E-state index contributed by atoms with van der Waals surface area (Å²) in [6.07, 6.45) is 1.60. The van der Waals surface area contributed by atoms with Gasteiger partial charge in [0.15, 0.2) is 5.75 Å². The first-order chi connectivity index (χ1) is 14.7. The van der Waals surface area contributed by atoms with Crippen molar-refractivity contribution < 1.29 is 13.9 Å². The number of nitrogens with zero attached hydrogens (tertiary/aromatic N) is 1. The number of para-hydroxylation sites is 3. The zero-order valence-electron chi connectivity index (χ0n) is 16.8. The van der Waals surface area contributed by atoms with Crippen LogP contribution in [0, 0.1) is 11.7 Å². The molecular formula is C25H25FN2O2.